The second kappa shape index (κ2) is 4.99. The van der Waals surface area contributed by atoms with E-state index in [4.69, 9.17) is 0 Å². The molecule has 4 aromatic rings. The Balaban J connectivity index is 1.63. The fourth-order valence-electron chi connectivity index (χ4n) is 3.22. The Bertz CT molecular complexity index is 1020. The number of thiophene rings is 1. The van der Waals surface area contributed by atoms with Crippen molar-refractivity contribution in [2.75, 3.05) is 5.32 Å². The number of rotatable bonds is 2. The minimum absolute atomic E-state index is 0.773. The van der Waals surface area contributed by atoms with Gasteiger partial charge in [0.1, 0.15) is 22.8 Å². The van der Waals surface area contributed by atoms with Crippen LogP contribution in [-0.2, 0) is 12.8 Å². The van der Waals surface area contributed by atoms with Gasteiger partial charge in [0.15, 0.2) is 0 Å². The fraction of sp³-hybridized carbons (Fsp3) is 0.250. The van der Waals surface area contributed by atoms with E-state index in [1.54, 1.807) is 30.1 Å². The summed E-state index contributed by atoms with van der Waals surface area (Å²) in [5, 5.41) is 12.5. The summed E-state index contributed by atoms with van der Waals surface area (Å²) in [5.41, 5.74) is 2.35. The Labute approximate surface area is 136 Å². The van der Waals surface area contributed by atoms with E-state index in [0.717, 1.165) is 40.2 Å². The Morgan fingerprint density at radius 2 is 2.04 bits per heavy atom. The first-order chi connectivity index (χ1) is 11.4. The number of hydrogen-bond donors (Lipinski definition) is 2. The zero-order valence-corrected chi connectivity index (χ0v) is 13.2. The van der Waals surface area contributed by atoms with Crippen molar-refractivity contribution in [2.45, 2.75) is 25.7 Å². The SMILES string of the molecule is c1nc(Nc2cc3cn[nH]c3cn2)c2c3c(sc2n1)CCCC3. The summed E-state index contributed by atoms with van der Waals surface area (Å²) in [6.07, 6.45) is 10.0. The third-order valence-corrected chi connectivity index (χ3v) is 5.52. The van der Waals surface area contributed by atoms with E-state index in [0.29, 0.717) is 0 Å². The third-order valence-electron chi connectivity index (χ3n) is 4.32. The van der Waals surface area contributed by atoms with Gasteiger partial charge in [-0.3, -0.25) is 5.10 Å². The van der Waals surface area contributed by atoms with Crippen molar-refractivity contribution in [3.8, 4) is 0 Å². The largest absolute Gasteiger partial charge is 0.324 e. The van der Waals surface area contributed by atoms with Gasteiger partial charge in [-0.25, -0.2) is 15.0 Å². The lowest BCUT2D eigenvalue weighted by Crippen LogP contribution is -2.01. The number of aromatic nitrogens is 5. The summed E-state index contributed by atoms with van der Waals surface area (Å²) in [6.45, 7) is 0. The van der Waals surface area contributed by atoms with Crippen LogP contribution in [0.25, 0.3) is 21.1 Å². The molecule has 0 saturated heterocycles. The highest BCUT2D eigenvalue weighted by molar-refractivity contribution is 7.19. The molecule has 0 saturated carbocycles. The second-order valence-electron chi connectivity index (χ2n) is 5.77. The highest BCUT2D eigenvalue weighted by Gasteiger charge is 2.20. The normalized spacial score (nSPS) is 14.3. The first-order valence-corrected chi connectivity index (χ1v) is 8.51. The first-order valence-electron chi connectivity index (χ1n) is 7.70. The molecule has 0 radical (unpaired) electrons. The molecular weight excluding hydrogens is 308 g/mol. The first kappa shape index (κ1) is 13.0. The molecular formula is C16H14N6S. The number of aryl methyl sites for hydroxylation is 2. The van der Waals surface area contributed by atoms with E-state index in [-0.39, 0.29) is 0 Å². The number of hydrogen-bond acceptors (Lipinski definition) is 6. The van der Waals surface area contributed by atoms with Crippen molar-refractivity contribution in [3.63, 3.8) is 0 Å². The van der Waals surface area contributed by atoms with E-state index in [1.165, 1.54) is 28.7 Å². The van der Waals surface area contributed by atoms with Gasteiger partial charge in [0.05, 0.1) is 23.3 Å². The number of fused-ring (bicyclic) bond motifs is 4. The molecule has 0 amide bonds. The number of pyridine rings is 1. The van der Waals surface area contributed by atoms with E-state index >= 15 is 0 Å². The maximum Gasteiger partial charge on any atom is 0.144 e. The van der Waals surface area contributed by atoms with Gasteiger partial charge in [0.25, 0.3) is 0 Å². The predicted octanol–water partition coefficient (Wildman–Crippen LogP) is 3.59. The molecule has 1 aliphatic rings. The molecule has 4 heterocycles. The van der Waals surface area contributed by atoms with E-state index in [2.05, 4.69) is 30.5 Å². The molecule has 5 rings (SSSR count). The Hall–Kier alpha value is -2.54. The lowest BCUT2D eigenvalue weighted by atomic mass is 9.97. The lowest BCUT2D eigenvalue weighted by Gasteiger charge is -2.12. The molecule has 4 aromatic heterocycles. The molecule has 0 bridgehead atoms. The van der Waals surface area contributed by atoms with Gasteiger partial charge in [-0.15, -0.1) is 11.3 Å². The smallest absolute Gasteiger partial charge is 0.144 e. The van der Waals surface area contributed by atoms with Crippen molar-refractivity contribution < 1.29 is 0 Å². The maximum absolute atomic E-state index is 4.47. The number of H-pyrrole nitrogens is 1. The summed E-state index contributed by atoms with van der Waals surface area (Å²) in [5.74, 6) is 1.62. The molecule has 0 spiro atoms. The molecule has 6 nitrogen and oxygen atoms in total. The maximum atomic E-state index is 4.47. The zero-order chi connectivity index (χ0) is 15.2. The third kappa shape index (κ3) is 2.08. The van der Waals surface area contributed by atoms with E-state index in [9.17, 15) is 0 Å². The Kier molecular flexibility index (Phi) is 2.81. The second-order valence-corrected chi connectivity index (χ2v) is 6.85. The van der Waals surface area contributed by atoms with Gasteiger partial charge in [-0.05, 0) is 37.3 Å². The topological polar surface area (TPSA) is 79.4 Å². The van der Waals surface area contributed by atoms with Crippen LogP contribution >= 0.6 is 11.3 Å². The van der Waals surface area contributed by atoms with Crippen LogP contribution in [0.2, 0.25) is 0 Å². The molecule has 2 N–H and O–H groups in total. The summed E-state index contributed by atoms with van der Waals surface area (Å²) < 4.78 is 0. The van der Waals surface area contributed by atoms with Gasteiger partial charge < -0.3 is 5.32 Å². The van der Waals surface area contributed by atoms with E-state index < -0.39 is 0 Å². The highest BCUT2D eigenvalue weighted by Crippen LogP contribution is 2.38. The Morgan fingerprint density at radius 1 is 1.09 bits per heavy atom. The van der Waals surface area contributed by atoms with Crippen molar-refractivity contribution in [1.82, 2.24) is 25.1 Å². The van der Waals surface area contributed by atoms with Crippen LogP contribution in [0.3, 0.4) is 0 Å². The van der Waals surface area contributed by atoms with Crippen LogP contribution in [0.4, 0.5) is 11.6 Å². The summed E-state index contributed by atoms with van der Waals surface area (Å²) in [4.78, 5) is 15.9. The lowest BCUT2D eigenvalue weighted by molar-refractivity contribution is 0.700. The average molecular weight is 322 g/mol. The van der Waals surface area contributed by atoms with Crippen LogP contribution in [0.5, 0.6) is 0 Å². The van der Waals surface area contributed by atoms with Gasteiger partial charge >= 0.3 is 0 Å². The van der Waals surface area contributed by atoms with Crippen LogP contribution < -0.4 is 5.32 Å². The van der Waals surface area contributed by atoms with Crippen molar-refractivity contribution in [1.29, 1.82) is 0 Å². The van der Waals surface area contributed by atoms with Crippen LogP contribution in [-0.4, -0.2) is 25.1 Å². The summed E-state index contributed by atoms with van der Waals surface area (Å²) >= 11 is 1.80. The minimum atomic E-state index is 0.773. The molecule has 114 valence electrons. The summed E-state index contributed by atoms with van der Waals surface area (Å²) in [7, 11) is 0. The van der Waals surface area contributed by atoms with Crippen molar-refractivity contribution in [3.05, 3.63) is 35.2 Å². The van der Waals surface area contributed by atoms with Crippen LogP contribution in [0.1, 0.15) is 23.3 Å². The molecule has 1 aliphatic carbocycles. The molecule has 0 unspecified atom stereocenters. The Morgan fingerprint density at radius 3 is 3.04 bits per heavy atom. The zero-order valence-electron chi connectivity index (χ0n) is 12.3. The fourth-order valence-corrected chi connectivity index (χ4v) is 4.45. The number of nitrogens with zero attached hydrogens (tertiary/aromatic N) is 4. The van der Waals surface area contributed by atoms with Crippen LogP contribution in [0, 0.1) is 0 Å². The highest BCUT2D eigenvalue weighted by atomic mass is 32.1. The van der Waals surface area contributed by atoms with Gasteiger partial charge in [0, 0.05) is 10.3 Å². The number of aromatic amines is 1. The summed E-state index contributed by atoms with van der Waals surface area (Å²) in [6, 6.07) is 1.98. The van der Waals surface area contributed by atoms with E-state index in [1.807, 2.05) is 6.07 Å². The number of anilines is 2. The van der Waals surface area contributed by atoms with Gasteiger partial charge in [0.2, 0.25) is 0 Å². The molecule has 23 heavy (non-hydrogen) atoms. The van der Waals surface area contributed by atoms with Gasteiger partial charge in [-0.1, -0.05) is 0 Å². The molecule has 0 aromatic carbocycles. The van der Waals surface area contributed by atoms with Crippen molar-refractivity contribution in [2.24, 2.45) is 0 Å². The van der Waals surface area contributed by atoms with Gasteiger partial charge in [-0.2, -0.15) is 5.10 Å². The average Bonchev–Trinajstić information content (AvgIpc) is 3.18. The molecule has 0 fully saturated rings. The minimum Gasteiger partial charge on any atom is -0.324 e. The van der Waals surface area contributed by atoms with Crippen molar-refractivity contribution >= 4 is 44.1 Å². The molecule has 7 heteroatoms. The monoisotopic (exact) mass is 322 g/mol. The standard InChI is InChI=1S/C16H14N6S/c1-2-4-12-10(3-1)14-15(18-8-19-16(14)23-12)21-13-5-9-6-20-22-11(9)7-17-13/h5-8H,1-4H2,(H,20,22)(H,17,18,19,21). The number of nitrogens with one attached hydrogen (secondary N) is 2. The molecule has 0 atom stereocenters. The molecule has 0 aliphatic heterocycles. The van der Waals surface area contributed by atoms with Crippen LogP contribution in [0.15, 0.2) is 24.8 Å². The quantitative estimate of drug-likeness (QED) is 0.589. The predicted molar refractivity (Wildman–Crippen MR) is 91.2 cm³/mol.